The monoisotopic (exact) mass is 412 g/mol. The lowest BCUT2D eigenvalue weighted by Crippen LogP contribution is -2.14. The van der Waals surface area contributed by atoms with Crippen LogP contribution in [0.5, 0.6) is 23.0 Å². The zero-order chi connectivity index (χ0) is 20.4. The molecule has 1 aliphatic heterocycles. The highest BCUT2D eigenvalue weighted by molar-refractivity contribution is 7.99. The highest BCUT2D eigenvalue weighted by Crippen LogP contribution is 2.39. The van der Waals surface area contributed by atoms with E-state index < -0.39 is 0 Å². The van der Waals surface area contributed by atoms with Crippen LogP contribution in [0.15, 0.2) is 46.7 Å². The van der Waals surface area contributed by atoms with E-state index in [0.29, 0.717) is 28.8 Å². The topological polar surface area (TPSA) is 80.0 Å². The maximum atomic E-state index is 5.47. The molecule has 3 aromatic rings. The fourth-order valence-corrected chi connectivity index (χ4v) is 3.88. The van der Waals surface area contributed by atoms with Gasteiger partial charge in [-0.2, -0.15) is 9.78 Å². The van der Waals surface area contributed by atoms with Gasteiger partial charge in [0, 0.05) is 16.9 Å². The Bertz CT molecular complexity index is 1040. The highest BCUT2D eigenvalue weighted by atomic mass is 32.2. The Hall–Kier alpha value is -3.20. The third-order valence-corrected chi connectivity index (χ3v) is 5.45. The van der Waals surface area contributed by atoms with Crippen molar-refractivity contribution in [3.63, 3.8) is 0 Å². The molecule has 0 amide bonds. The molecular formula is C20H20N4O4S. The fourth-order valence-electron chi connectivity index (χ4n) is 3.04. The molecular weight excluding hydrogens is 392 g/mol. The molecule has 0 saturated heterocycles. The number of rotatable bonds is 6. The summed E-state index contributed by atoms with van der Waals surface area (Å²) in [6.45, 7) is 0. The molecule has 29 heavy (non-hydrogen) atoms. The van der Waals surface area contributed by atoms with Crippen LogP contribution in [0.3, 0.4) is 0 Å². The van der Waals surface area contributed by atoms with E-state index in [4.69, 9.17) is 24.0 Å². The van der Waals surface area contributed by atoms with Gasteiger partial charge in [-0.25, -0.2) is 0 Å². The minimum atomic E-state index is 0.548. The second-order valence-corrected chi connectivity index (χ2v) is 7.04. The summed E-state index contributed by atoms with van der Waals surface area (Å²) in [7, 11) is 6.41. The molecule has 0 spiro atoms. The smallest absolute Gasteiger partial charge is 0.212 e. The molecule has 0 radical (unpaired) electrons. The number of hydrogen-bond acceptors (Lipinski definition) is 8. The van der Waals surface area contributed by atoms with Crippen molar-refractivity contribution in [2.75, 3.05) is 34.2 Å². The van der Waals surface area contributed by atoms with Gasteiger partial charge in [0.2, 0.25) is 10.9 Å². The lowest BCUT2D eigenvalue weighted by molar-refractivity contribution is 0.324. The molecule has 0 atom stereocenters. The van der Waals surface area contributed by atoms with Gasteiger partial charge in [-0.3, -0.25) is 0 Å². The van der Waals surface area contributed by atoms with Gasteiger partial charge in [-0.15, -0.1) is 10.2 Å². The predicted octanol–water partition coefficient (Wildman–Crippen LogP) is 3.34. The van der Waals surface area contributed by atoms with Crippen LogP contribution < -0.4 is 18.9 Å². The Morgan fingerprint density at radius 1 is 0.828 bits per heavy atom. The molecule has 0 fully saturated rings. The minimum absolute atomic E-state index is 0.548. The van der Waals surface area contributed by atoms with Crippen molar-refractivity contribution in [1.82, 2.24) is 14.9 Å². The van der Waals surface area contributed by atoms with Crippen LogP contribution in [0.1, 0.15) is 5.56 Å². The van der Waals surface area contributed by atoms with Crippen LogP contribution in [-0.2, 0) is 0 Å². The van der Waals surface area contributed by atoms with Crippen LogP contribution in [0.2, 0.25) is 0 Å². The standard InChI is InChI=1S/C20H20N4O4S/c1-25-14-7-5-12(6-8-14)19-21-22-20-24(19)23-15(11-29-20)13-9-16(26-2)18(28-4)17(10-13)27-3/h5-10H,11H2,1-4H3. The molecule has 2 aromatic carbocycles. The number of thioether (sulfide) groups is 1. The first-order valence-corrected chi connectivity index (χ1v) is 9.78. The molecule has 150 valence electrons. The predicted molar refractivity (Wildman–Crippen MR) is 111 cm³/mol. The maximum absolute atomic E-state index is 5.47. The van der Waals surface area contributed by atoms with Crippen LogP contribution in [0.4, 0.5) is 0 Å². The number of fused-ring (bicyclic) bond motifs is 1. The summed E-state index contributed by atoms with van der Waals surface area (Å²) in [6.07, 6.45) is 0. The van der Waals surface area contributed by atoms with Crippen molar-refractivity contribution in [3.8, 4) is 34.4 Å². The van der Waals surface area contributed by atoms with Gasteiger partial charge in [0.05, 0.1) is 34.2 Å². The molecule has 8 nitrogen and oxygen atoms in total. The van der Waals surface area contributed by atoms with Crippen LogP contribution in [0.25, 0.3) is 11.4 Å². The number of benzene rings is 2. The van der Waals surface area contributed by atoms with Crippen LogP contribution >= 0.6 is 11.8 Å². The minimum Gasteiger partial charge on any atom is -0.497 e. The number of nitrogens with zero attached hydrogens (tertiary/aromatic N) is 4. The fraction of sp³-hybridized carbons (Fsp3) is 0.250. The number of aromatic nitrogens is 3. The first kappa shape index (κ1) is 19.1. The van der Waals surface area contributed by atoms with E-state index >= 15 is 0 Å². The summed E-state index contributed by atoms with van der Waals surface area (Å²) in [6, 6.07) is 11.4. The Morgan fingerprint density at radius 2 is 1.52 bits per heavy atom. The van der Waals surface area contributed by atoms with Gasteiger partial charge in [0.25, 0.3) is 0 Å². The third kappa shape index (κ3) is 3.49. The summed E-state index contributed by atoms with van der Waals surface area (Å²) < 4.78 is 23.3. The van der Waals surface area contributed by atoms with E-state index in [1.165, 1.54) is 0 Å². The van der Waals surface area contributed by atoms with E-state index in [9.17, 15) is 0 Å². The van der Waals surface area contributed by atoms with Gasteiger partial charge in [0.1, 0.15) is 5.75 Å². The zero-order valence-corrected chi connectivity index (χ0v) is 17.3. The number of hydrogen-bond donors (Lipinski definition) is 0. The zero-order valence-electron chi connectivity index (χ0n) is 16.5. The first-order chi connectivity index (χ1) is 14.2. The first-order valence-electron chi connectivity index (χ1n) is 8.79. The largest absolute Gasteiger partial charge is 0.497 e. The van der Waals surface area contributed by atoms with Gasteiger partial charge in [0.15, 0.2) is 17.3 Å². The summed E-state index contributed by atoms with van der Waals surface area (Å²) in [5.74, 6) is 3.81. The highest BCUT2D eigenvalue weighted by Gasteiger charge is 2.23. The Labute approximate surface area is 172 Å². The van der Waals surface area contributed by atoms with Crippen molar-refractivity contribution in [3.05, 3.63) is 42.0 Å². The van der Waals surface area contributed by atoms with Gasteiger partial charge < -0.3 is 18.9 Å². The lowest BCUT2D eigenvalue weighted by atomic mass is 10.1. The normalized spacial score (nSPS) is 12.8. The Balaban J connectivity index is 1.77. The van der Waals surface area contributed by atoms with Crippen LogP contribution in [-0.4, -0.2) is 54.8 Å². The van der Waals surface area contributed by atoms with Crippen molar-refractivity contribution < 1.29 is 18.9 Å². The SMILES string of the molecule is COc1ccc(-c2nnc3n2N=C(c2cc(OC)c(OC)c(OC)c2)CS3)cc1. The molecule has 1 aliphatic rings. The molecule has 0 unspecified atom stereocenters. The summed E-state index contributed by atoms with van der Waals surface area (Å²) in [5, 5.41) is 14.1. The van der Waals surface area contributed by atoms with Crippen LogP contribution in [0, 0.1) is 0 Å². The Kier molecular flexibility index (Phi) is 5.30. The second kappa shape index (κ2) is 8.04. The third-order valence-electron chi connectivity index (χ3n) is 4.52. The van der Waals surface area contributed by atoms with Crippen molar-refractivity contribution in [1.29, 1.82) is 0 Å². The lowest BCUT2D eigenvalue weighted by Gasteiger charge is -2.17. The van der Waals surface area contributed by atoms with E-state index in [1.807, 2.05) is 36.4 Å². The van der Waals surface area contributed by atoms with Crippen molar-refractivity contribution in [2.24, 2.45) is 5.10 Å². The summed E-state index contributed by atoms with van der Waals surface area (Å²) in [4.78, 5) is 0. The molecule has 1 aromatic heterocycles. The maximum Gasteiger partial charge on any atom is 0.212 e. The summed E-state index contributed by atoms with van der Waals surface area (Å²) >= 11 is 1.57. The molecule has 9 heteroatoms. The van der Waals surface area contributed by atoms with E-state index in [2.05, 4.69) is 10.2 Å². The quantitative estimate of drug-likeness (QED) is 0.614. The van der Waals surface area contributed by atoms with Gasteiger partial charge in [-0.05, 0) is 36.4 Å². The van der Waals surface area contributed by atoms with E-state index in [0.717, 1.165) is 27.7 Å². The average molecular weight is 412 g/mol. The second-order valence-electron chi connectivity index (χ2n) is 6.10. The van der Waals surface area contributed by atoms with Crippen molar-refractivity contribution >= 4 is 17.5 Å². The van der Waals surface area contributed by atoms with Gasteiger partial charge in [-0.1, -0.05) is 11.8 Å². The van der Waals surface area contributed by atoms with E-state index in [-0.39, 0.29) is 0 Å². The molecule has 0 N–H and O–H groups in total. The van der Waals surface area contributed by atoms with Crippen molar-refractivity contribution in [2.45, 2.75) is 5.16 Å². The molecule has 0 aliphatic carbocycles. The molecule has 2 heterocycles. The molecule has 0 saturated carbocycles. The van der Waals surface area contributed by atoms with E-state index in [1.54, 1.807) is 44.9 Å². The average Bonchev–Trinajstić information content (AvgIpc) is 3.21. The molecule has 4 rings (SSSR count). The summed E-state index contributed by atoms with van der Waals surface area (Å²) in [5.41, 5.74) is 2.64. The number of ether oxygens (including phenoxy) is 4. The Morgan fingerprint density at radius 3 is 2.10 bits per heavy atom. The molecule has 0 bridgehead atoms. The number of methoxy groups -OCH3 is 4. The van der Waals surface area contributed by atoms with Gasteiger partial charge >= 0.3 is 0 Å².